The van der Waals surface area contributed by atoms with Gasteiger partial charge in [-0.15, -0.1) is 0 Å². The highest BCUT2D eigenvalue weighted by Gasteiger charge is 2.12. The predicted molar refractivity (Wildman–Crippen MR) is 90.1 cm³/mol. The number of nitrogens with zero attached hydrogens (tertiary/aromatic N) is 3. The summed E-state index contributed by atoms with van der Waals surface area (Å²) in [6.45, 7) is 5.76. The fraction of sp³-hybridized carbons (Fsp3) is 0.353. The average Bonchev–Trinajstić information content (AvgIpc) is 2.56. The Morgan fingerprint density at radius 3 is 2.65 bits per heavy atom. The Bertz CT molecular complexity index is 643. The van der Waals surface area contributed by atoms with Crippen molar-refractivity contribution < 1.29 is 9.53 Å². The Morgan fingerprint density at radius 1 is 1.30 bits per heavy atom. The van der Waals surface area contributed by atoms with Gasteiger partial charge >= 0.3 is 0 Å². The Hall–Kier alpha value is -2.47. The van der Waals surface area contributed by atoms with Crippen LogP contribution in [-0.2, 0) is 4.74 Å². The number of benzene rings is 1. The van der Waals surface area contributed by atoms with E-state index in [-0.39, 0.29) is 5.91 Å². The van der Waals surface area contributed by atoms with Crippen LogP contribution in [0.5, 0.6) is 0 Å². The predicted octanol–water partition coefficient (Wildman–Crippen LogP) is 2.32. The second-order valence-corrected chi connectivity index (χ2v) is 5.10. The zero-order valence-electron chi connectivity index (χ0n) is 13.7. The molecule has 2 aromatic rings. The molecule has 1 aromatic carbocycles. The van der Waals surface area contributed by atoms with Gasteiger partial charge in [0.2, 0.25) is 5.95 Å². The summed E-state index contributed by atoms with van der Waals surface area (Å²) in [4.78, 5) is 22.6. The number of carbonyl (C=O) groups is 1. The third-order valence-corrected chi connectivity index (χ3v) is 3.36. The fourth-order valence-electron chi connectivity index (χ4n) is 2.18. The van der Waals surface area contributed by atoms with E-state index in [1.54, 1.807) is 19.5 Å². The molecule has 1 aromatic heterocycles. The van der Waals surface area contributed by atoms with Crippen LogP contribution in [0.25, 0.3) is 0 Å². The fourth-order valence-corrected chi connectivity index (χ4v) is 2.18. The van der Waals surface area contributed by atoms with Crippen molar-refractivity contribution in [2.75, 3.05) is 31.7 Å². The summed E-state index contributed by atoms with van der Waals surface area (Å²) < 4.78 is 4.90. The molecule has 1 N–H and O–H groups in total. The van der Waals surface area contributed by atoms with Gasteiger partial charge in [0.15, 0.2) is 0 Å². The van der Waals surface area contributed by atoms with Crippen LogP contribution in [0, 0.1) is 6.92 Å². The van der Waals surface area contributed by atoms with Gasteiger partial charge in [0.25, 0.3) is 5.91 Å². The summed E-state index contributed by atoms with van der Waals surface area (Å²) in [7, 11) is 1.59. The molecule has 0 saturated heterocycles. The smallest absolute Gasteiger partial charge is 0.254 e. The minimum atomic E-state index is -0.202. The number of hydrogen-bond acceptors (Lipinski definition) is 5. The summed E-state index contributed by atoms with van der Waals surface area (Å²) in [5, 5.41) is 2.74. The molecule has 1 amide bonds. The number of rotatable bonds is 7. The number of aromatic nitrogens is 2. The topological polar surface area (TPSA) is 67.4 Å². The van der Waals surface area contributed by atoms with E-state index in [1.165, 1.54) is 5.56 Å². The van der Waals surface area contributed by atoms with Crippen molar-refractivity contribution in [1.29, 1.82) is 0 Å². The van der Waals surface area contributed by atoms with Gasteiger partial charge in [0.1, 0.15) is 0 Å². The molecule has 0 aliphatic rings. The van der Waals surface area contributed by atoms with Crippen molar-refractivity contribution in [2.45, 2.75) is 13.8 Å². The molecule has 2 rings (SSSR count). The Balaban J connectivity index is 2.12. The van der Waals surface area contributed by atoms with Gasteiger partial charge in [-0.25, -0.2) is 9.97 Å². The minimum absolute atomic E-state index is 0.202. The summed E-state index contributed by atoms with van der Waals surface area (Å²) in [5.41, 5.74) is 2.64. The van der Waals surface area contributed by atoms with E-state index in [0.717, 1.165) is 12.2 Å². The first-order chi connectivity index (χ1) is 11.2. The van der Waals surface area contributed by atoms with Gasteiger partial charge in [0.05, 0.1) is 12.2 Å². The second-order valence-electron chi connectivity index (χ2n) is 5.10. The Morgan fingerprint density at radius 2 is 2.04 bits per heavy atom. The van der Waals surface area contributed by atoms with E-state index in [2.05, 4.69) is 21.4 Å². The maximum Gasteiger partial charge on any atom is 0.254 e. The third kappa shape index (κ3) is 4.50. The number of hydrogen-bond donors (Lipinski definition) is 1. The standard InChI is InChI=1S/C17H22N4O2/c1-4-21(15-7-5-6-13(2)10-15)17-19-11-14(12-20-17)16(22)18-8-9-23-3/h5-7,10-12H,4,8-9H2,1-3H3,(H,18,22). The molecule has 0 unspecified atom stereocenters. The quantitative estimate of drug-likeness (QED) is 0.794. The lowest BCUT2D eigenvalue weighted by molar-refractivity contribution is 0.0936. The number of carbonyl (C=O) groups excluding carboxylic acids is 1. The monoisotopic (exact) mass is 314 g/mol. The van der Waals surface area contributed by atoms with Crippen LogP contribution in [-0.4, -0.2) is 42.7 Å². The molecular weight excluding hydrogens is 292 g/mol. The highest BCUT2D eigenvalue weighted by Crippen LogP contribution is 2.22. The van der Waals surface area contributed by atoms with Crippen LogP contribution in [0.2, 0.25) is 0 Å². The normalized spacial score (nSPS) is 10.4. The molecule has 0 aliphatic heterocycles. The molecule has 1 heterocycles. The van der Waals surface area contributed by atoms with E-state index in [9.17, 15) is 4.79 Å². The molecule has 0 atom stereocenters. The van der Waals surface area contributed by atoms with Crippen LogP contribution < -0.4 is 10.2 Å². The molecule has 6 heteroatoms. The van der Waals surface area contributed by atoms with Gasteiger partial charge in [-0.3, -0.25) is 4.79 Å². The molecule has 0 fully saturated rings. The van der Waals surface area contributed by atoms with Crippen LogP contribution in [0.1, 0.15) is 22.8 Å². The average molecular weight is 314 g/mol. The maximum atomic E-state index is 11.9. The number of amides is 1. The van der Waals surface area contributed by atoms with Crippen molar-refractivity contribution in [3.8, 4) is 0 Å². The lowest BCUT2D eigenvalue weighted by Gasteiger charge is -2.21. The molecule has 0 aliphatic carbocycles. The highest BCUT2D eigenvalue weighted by molar-refractivity contribution is 5.93. The van der Waals surface area contributed by atoms with Gasteiger partial charge in [-0.05, 0) is 31.5 Å². The molecule has 0 bridgehead atoms. The van der Waals surface area contributed by atoms with Crippen molar-refractivity contribution in [3.63, 3.8) is 0 Å². The molecule has 0 saturated carbocycles. The highest BCUT2D eigenvalue weighted by atomic mass is 16.5. The van der Waals surface area contributed by atoms with Crippen molar-refractivity contribution in [3.05, 3.63) is 47.8 Å². The van der Waals surface area contributed by atoms with Gasteiger partial charge < -0.3 is 15.0 Å². The van der Waals surface area contributed by atoms with Gasteiger partial charge in [0, 0.05) is 38.3 Å². The molecule has 0 radical (unpaired) electrons. The first kappa shape index (κ1) is 16.9. The molecule has 0 spiro atoms. The number of methoxy groups -OCH3 is 1. The van der Waals surface area contributed by atoms with E-state index >= 15 is 0 Å². The largest absolute Gasteiger partial charge is 0.383 e. The minimum Gasteiger partial charge on any atom is -0.383 e. The zero-order chi connectivity index (χ0) is 16.7. The zero-order valence-corrected chi connectivity index (χ0v) is 13.7. The van der Waals surface area contributed by atoms with Gasteiger partial charge in [-0.1, -0.05) is 12.1 Å². The SMILES string of the molecule is CCN(c1cccc(C)c1)c1ncc(C(=O)NCCOC)cn1. The van der Waals surface area contributed by atoms with Crippen LogP contribution in [0.15, 0.2) is 36.7 Å². The maximum absolute atomic E-state index is 11.9. The van der Waals surface area contributed by atoms with E-state index in [4.69, 9.17) is 4.74 Å². The summed E-state index contributed by atoms with van der Waals surface area (Å²) >= 11 is 0. The molecule has 6 nitrogen and oxygen atoms in total. The first-order valence-corrected chi connectivity index (χ1v) is 7.59. The number of aryl methyl sites for hydroxylation is 1. The second kappa shape index (κ2) is 8.24. The van der Waals surface area contributed by atoms with E-state index in [0.29, 0.717) is 24.7 Å². The molecule has 122 valence electrons. The summed E-state index contributed by atoms with van der Waals surface area (Å²) in [6, 6.07) is 8.15. The third-order valence-electron chi connectivity index (χ3n) is 3.36. The lowest BCUT2D eigenvalue weighted by atomic mass is 10.2. The summed E-state index contributed by atoms with van der Waals surface area (Å²) in [6.07, 6.45) is 3.09. The lowest BCUT2D eigenvalue weighted by Crippen LogP contribution is -2.27. The van der Waals surface area contributed by atoms with Crippen molar-refractivity contribution in [1.82, 2.24) is 15.3 Å². The molecule has 23 heavy (non-hydrogen) atoms. The number of anilines is 2. The van der Waals surface area contributed by atoms with Crippen LogP contribution >= 0.6 is 0 Å². The van der Waals surface area contributed by atoms with Crippen molar-refractivity contribution >= 4 is 17.5 Å². The number of nitrogens with one attached hydrogen (secondary N) is 1. The Kier molecular flexibility index (Phi) is 6.05. The van der Waals surface area contributed by atoms with Crippen molar-refractivity contribution in [2.24, 2.45) is 0 Å². The summed E-state index contributed by atoms with van der Waals surface area (Å²) in [5.74, 6) is 0.374. The number of ether oxygens (including phenoxy) is 1. The van der Waals surface area contributed by atoms with E-state index < -0.39 is 0 Å². The van der Waals surface area contributed by atoms with Crippen LogP contribution in [0.4, 0.5) is 11.6 Å². The van der Waals surface area contributed by atoms with Gasteiger partial charge in [-0.2, -0.15) is 0 Å². The Labute approximate surface area is 136 Å². The molecular formula is C17H22N4O2. The van der Waals surface area contributed by atoms with Crippen LogP contribution in [0.3, 0.4) is 0 Å². The first-order valence-electron chi connectivity index (χ1n) is 7.59. The van der Waals surface area contributed by atoms with E-state index in [1.807, 2.05) is 36.9 Å².